The Hall–Kier alpha value is -1.26. The van der Waals surface area contributed by atoms with Crippen LogP contribution in [0.4, 0.5) is 5.69 Å². The van der Waals surface area contributed by atoms with E-state index in [0.717, 1.165) is 25.7 Å². The second kappa shape index (κ2) is 7.84. The topological polar surface area (TPSA) is 49.4 Å². The Labute approximate surface area is 140 Å². The molecule has 22 heavy (non-hydrogen) atoms. The molecule has 6 heteroatoms. The van der Waals surface area contributed by atoms with Crippen LogP contribution in [-0.4, -0.2) is 29.3 Å². The number of nitrogens with zero attached hydrogens (tertiary/aromatic N) is 1. The van der Waals surface area contributed by atoms with Crippen molar-refractivity contribution in [2.45, 2.75) is 45.1 Å². The molecule has 0 unspecified atom stereocenters. The number of hydrogen-bond acceptors (Lipinski definition) is 2. The van der Waals surface area contributed by atoms with E-state index in [1.807, 2.05) is 4.90 Å². The van der Waals surface area contributed by atoms with Gasteiger partial charge < -0.3 is 10.2 Å². The summed E-state index contributed by atoms with van der Waals surface area (Å²) in [6.07, 6.45) is 4.61. The minimum absolute atomic E-state index is 0.0282. The zero-order chi connectivity index (χ0) is 16.1. The van der Waals surface area contributed by atoms with Crippen LogP contribution < -0.4 is 5.32 Å². The molecule has 0 radical (unpaired) electrons. The molecule has 120 valence electrons. The summed E-state index contributed by atoms with van der Waals surface area (Å²) < 4.78 is 0. The summed E-state index contributed by atoms with van der Waals surface area (Å²) in [5.41, 5.74) is 0.495. The highest BCUT2D eigenvalue weighted by Crippen LogP contribution is 2.29. The SMILES string of the molecule is CC(=O)N(CCC(=O)Nc1cccc(Cl)c1Cl)C1CCCC1. The lowest BCUT2D eigenvalue weighted by molar-refractivity contribution is -0.131. The summed E-state index contributed by atoms with van der Waals surface area (Å²) in [7, 11) is 0. The van der Waals surface area contributed by atoms with Gasteiger partial charge in [-0.2, -0.15) is 0 Å². The van der Waals surface area contributed by atoms with Crippen LogP contribution in [0.1, 0.15) is 39.0 Å². The maximum atomic E-state index is 12.1. The third-order valence-corrected chi connectivity index (χ3v) is 4.79. The fraction of sp³-hybridized carbons (Fsp3) is 0.500. The van der Waals surface area contributed by atoms with Gasteiger partial charge in [-0.05, 0) is 25.0 Å². The number of hydrogen-bond donors (Lipinski definition) is 1. The Morgan fingerprint density at radius 2 is 1.95 bits per heavy atom. The highest BCUT2D eigenvalue weighted by Gasteiger charge is 2.24. The van der Waals surface area contributed by atoms with Gasteiger partial charge in [-0.25, -0.2) is 0 Å². The van der Waals surface area contributed by atoms with Crippen molar-refractivity contribution in [3.63, 3.8) is 0 Å². The summed E-state index contributed by atoms with van der Waals surface area (Å²) in [6.45, 7) is 1.99. The molecule has 0 saturated heterocycles. The number of rotatable bonds is 5. The van der Waals surface area contributed by atoms with E-state index in [4.69, 9.17) is 23.2 Å². The number of halogens is 2. The average Bonchev–Trinajstić information content (AvgIpc) is 2.98. The zero-order valence-corrected chi connectivity index (χ0v) is 14.1. The average molecular weight is 343 g/mol. The first kappa shape index (κ1) is 17.1. The molecule has 1 N–H and O–H groups in total. The molecule has 1 fully saturated rings. The van der Waals surface area contributed by atoms with Gasteiger partial charge >= 0.3 is 0 Å². The van der Waals surface area contributed by atoms with Crippen molar-refractivity contribution < 1.29 is 9.59 Å². The third kappa shape index (κ3) is 4.37. The molecular weight excluding hydrogens is 323 g/mol. The van der Waals surface area contributed by atoms with Gasteiger partial charge in [0.2, 0.25) is 11.8 Å². The van der Waals surface area contributed by atoms with E-state index in [1.54, 1.807) is 25.1 Å². The summed E-state index contributed by atoms with van der Waals surface area (Å²) in [6, 6.07) is 5.37. The van der Waals surface area contributed by atoms with Crippen molar-refractivity contribution in [1.29, 1.82) is 0 Å². The number of amides is 2. The van der Waals surface area contributed by atoms with E-state index in [1.165, 1.54) is 0 Å². The Balaban J connectivity index is 1.91. The van der Waals surface area contributed by atoms with Crippen molar-refractivity contribution in [3.8, 4) is 0 Å². The summed E-state index contributed by atoms with van der Waals surface area (Å²) in [5, 5.41) is 3.47. The largest absolute Gasteiger partial charge is 0.339 e. The van der Waals surface area contributed by atoms with Crippen LogP contribution in [0.3, 0.4) is 0 Å². The third-order valence-electron chi connectivity index (χ3n) is 3.98. The van der Waals surface area contributed by atoms with Crippen LogP contribution in [0, 0.1) is 0 Å². The van der Waals surface area contributed by atoms with Crippen LogP contribution in [-0.2, 0) is 9.59 Å². The van der Waals surface area contributed by atoms with Crippen molar-refractivity contribution in [2.75, 3.05) is 11.9 Å². The first-order chi connectivity index (χ1) is 10.5. The van der Waals surface area contributed by atoms with Crippen molar-refractivity contribution >= 4 is 40.7 Å². The van der Waals surface area contributed by atoms with E-state index in [-0.39, 0.29) is 24.3 Å². The molecule has 1 aliphatic carbocycles. The highest BCUT2D eigenvalue weighted by atomic mass is 35.5. The number of anilines is 1. The molecule has 2 amide bonds. The Bertz CT molecular complexity index is 557. The van der Waals surface area contributed by atoms with E-state index >= 15 is 0 Å². The van der Waals surface area contributed by atoms with Gasteiger partial charge in [-0.3, -0.25) is 9.59 Å². The Morgan fingerprint density at radius 3 is 2.59 bits per heavy atom. The number of nitrogens with one attached hydrogen (secondary N) is 1. The molecule has 1 aromatic carbocycles. The molecule has 0 spiro atoms. The molecule has 0 heterocycles. The van der Waals surface area contributed by atoms with Gasteiger partial charge in [-0.15, -0.1) is 0 Å². The van der Waals surface area contributed by atoms with Crippen molar-refractivity contribution in [1.82, 2.24) is 4.90 Å². The molecule has 0 aromatic heterocycles. The monoisotopic (exact) mass is 342 g/mol. The molecule has 1 aliphatic rings. The minimum atomic E-state index is -0.173. The number of carbonyl (C=O) groups is 2. The van der Waals surface area contributed by atoms with Crippen molar-refractivity contribution in [2.24, 2.45) is 0 Å². The predicted molar refractivity (Wildman–Crippen MR) is 89.4 cm³/mol. The fourth-order valence-corrected chi connectivity index (χ4v) is 3.20. The molecule has 0 bridgehead atoms. The Kier molecular flexibility index (Phi) is 6.09. The Morgan fingerprint density at radius 1 is 1.27 bits per heavy atom. The van der Waals surface area contributed by atoms with Gasteiger partial charge in [0.25, 0.3) is 0 Å². The van der Waals surface area contributed by atoms with Crippen LogP contribution >= 0.6 is 23.2 Å². The lowest BCUT2D eigenvalue weighted by Gasteiger charge is -2.27. The molecule has 1 saturated carbocycles. The van der Waals surface area contributed by atoms with Gasteiger partial charge in [-0.1, -0.05) is 42.1 Å². The lowest BCUT2D eigenvalue weighted by atomic mass is 10.2. The fourth-order valence-electron chi connectivity index (χ4n) is 2.85. The maximum Gasteiger partial charge on any atom is 0.226 e. The summed E-state index contributed by atoms with van der Waals surface area (Å²) in [5.74, 6) is -0.145. The van der Waals surface area contributed by atoms with Crippen molar-refractivity contribution in [3.05, 3.63) is 28.2 Å². The number of carbonyl (C=O) groups excluding carboxylic acids is 2. The number of benzene rings is 1. The molecular formula is C16H20Cl2N2O2. The predicted octanol–water partition coefficient (Wildman–Crippen LogP) is 4.11. The van der Waals surface area contributed by atoms with Gasteiger partial charge in [0, 0.05) is 25.9 Å². The van der Waals surface area contributed by atoms with E-state index < -0.39 is 0 Å². The van der Waals surface area contributed by atoms with E-state index in [2.05, 4.69) is 5.32 Å². The normalized spacial score (nSPS) is 14.9. The molecule has 2 rings (SSSR count). The van der Waals surface area contributed by atoms with Gasteiger partial charge in [0.05, 0.1) is 15.7 Å². The van der Waals surface area contributed by atoms with Crippen LogP contribution in [0.5, 0.6) is 0 Å². The lowest BCUT2D eigenvalue weighted by Crippen LogP contribution is -2.39. The van der Waals surface area contributed by atoms with E-state index in [9.17, 15) is 9.59 Å². The smallest absolute Gasteiger partial charge is 0.226 e. The first-order valence-electron chi connectivity index (χ1n) is 7.50. The molecule has 0 aliphatic heterocycles. The van der Waals surface area contributed by atoms with Crippen LogP contribution in [0.2, 0.25) is 10.0 Å². The van der Waals surface area contributed by atoms with Gasteiger partial charge in [0.15, 0.2) is 0 Å². The quantitative estimate of drug-likeness (QED) is 0.875. The summed E-state index contributed by atoms with van der Waals surface area (Å²) in [4.78, 5) is 25.6. The molecule has 1 aromatic rings. The summed E-state index contributed by atoms with van der Waals surface area (Å²) >= 11 is 12.0. The van der Waals surface area contributed by atoms with Crippen LogP contribution in [0.25, 0.3) is 0 Å². The maximum absolute atomic E-state index is 12.1. The zero-order valence-electron chi connectivity index (χ0n) is 12.6. The second-order valence-corrected chi connectivity index (χ2v) is 6.34. The van der Waals surface area contributed by atoms with Gasteiger partial charge in [0.1, 0.15) is 0 Å². The molecule has 0 atom stereocenters. The first-order valence-corrected chi connectivity index (χ1v) is 8.25. The highest BCUT2D eigenvalue weighted by molar-refractivity contribution is 6.43. The second-order valence-electron chi connectivity index (χ2n) is 5.55. The minimum Gasteiger partial charge on any atom is -0.339 e. The molecule has 4 nitrogen and oxygen atoms in total. The van der Waals surface area contributed by atoms with Crippen LogP contribution in [0.15, 0.2) is 18.2 Å². The standard InChI is InChI=1S/C16H20Cl2N2O2/c1-11(21)20(12-5-2-3-6-12)10-9-15(22)19-14-8-4-7-13(17)16(14)18/h4,7-8,12H,2-3,5-6,9-10H2,1H3,(H,19,22). The van der Waals surface area contributed by atoms with E-state index in [0.29, 0.717) is 22.3 Å².